The predicted molar refractivity (Wildman–Crippen MR) is 79.1 cm³/mol. The van der Waals surface area contributed by atoms with E-state index in [2.05, 4.69) is 20.3 Å². The number of nitrogens with zero attached hydrogens (tertiary/aromatic N) is 4. The minimum atomic E-state index is 0.566. The van der Waals surface area contributed by atoms with Crippen molar-refractivity contribution in [1.29, 1.82) is 0 Å². The number of aromatic nitrogens is 4. The summed E-state index contributed by atoms with van der Waals surface area (Å²) >= 11 is 0. The van der Waals surface area contributed by atoms with Crippen LogP contribution in [0, 0.1) is 0 Å². The van der Waals surface area contributed by atoms with Gasteiger partial charge in [-0.1, -0.05) is 6.07 Å². The molecular formula is C15H15N5O. The van der Waals surface area contributed by atoms with Crippen LogP contribution in [0.15, 0.2) is 30.6 Å². The Morgan fingerprint density at radius 3 is 3.05 bits per heavy atom. The molecule has 0 atom stereocenters. The minimum absolute atomic E-state index is 0.566. The molecule has 3 aromatic heterocycles. The van der Waals surface area contributed by atoms with Gasteiger partial charge in [-0.2, -0.15) is 0 Å². The van der Waals surface area contributed by atoms with Crippen LogP contribution in [0.1, 0.15) is 11.3 Å². The van der Waals surface area contributed by atoms with Crippen LogP contribution in [0.3, 0.4) is 0 Å². The van der Waals surface area contributed by atoms with Crippen LogP contribution in [0.4, 0.5) is 5.82 Å². The number of rotatable bonds is 2. The molecule has 4 rings (SSSR count). The Morgan fingerprint density at radius 2 is 2.19 bits per heavy atom. The van der Waals surface area contributed by atoms with Gasteiger partial charge in [0.15, 0.2) is 5.82 Å². The Hall–Kier alpha value is -2.47. The Balaban J connectivity index is 1.87. The molecule has 0 saturated carbocycles. The first-order valence-corrected chi connectivity index (χ1v) is 6.94. The first-order chi connectivity index (χ1) is 10.3. The van der Waals surface area contributed by atoms with Gasteiger partial charge in [-0.15, -0.1) is 0 Å². The number of hydrogen-bond acceptors (Lipinski definition) is 5. The zero-order valence-corrected chi connectivity index (χ0v) is 11.7. The molecule has 0 bridgehead atoms. The number of fused-ring (bicyclic) bond motifs is 2. The molecule has 106 valence electrons. The van der Waals surface area contributed by atoms with E-state index in [-0.39, 0.29) is 0 Å². The van der Waals surface area contributed by atoms with Gasteiger partial charge in [-0.05, 0) is 12.1 Å². The lowest BCUT2D eigenvalue weighted by atomic mass is 10.1. The topological polar surface area (TPSA) is 64.3 Å². The lowest BCUT2D eigenvalue weighted by Crippen LogP contribution is -2.16. The van der Waals surface area contributed by atoms with Crippen molar-refractivity contribution in [2.75, 3.05) is 19.0 Å². The molecule has 0 spiro atoms. The van der Waals surface area contributed by atoms with Crippen LogP contribution in [0.2, 0.25) is 0 Å². The standard InChI is InChI=1S/C15H15N5O/c1-16-14-10-9-21-7-5-11(10)18-15(19-14)12-8-20-6-3-2-4-13(20)17-12/h2-4,6,8H,5,7,9H2,1H3,(H,16,18,19). The van der Waals surface area contributed by atoms with Crippen molar-refractivity contribution in [1.82, 2.24) is 19.4 Å². The smallest absolute Gasteiger partial charge is 0.182 e. The maximum absolute atomic E-state index is 5.49. The molecular weight excluding hydrogens is 266 g/mol. The molecule has 0 fully saturated rings. The van der Waals surface area contributed by atoms with Gasteiger partial charge < -0.3 is 14.5 Å². The van der Waals surface area contributed by atoms with Gasteiger partial charge in [0, 0.05) is 31.4 Å². The summed E-state index contributed by atoms with van der Waals surface area (Å²) in [4.78, 5) is 13.9. The normalized spacial score (nSPS) is 14.1. The molecule has 3 aromatic rings. The van der Waals surface area contributed by atoms with E-state index >= 15 is 0 Å². The van der Waals surface area contributed by atoms with E-state index in [1.54, 1.807) is 0 Å². The molecule has 1 N–H and O–H groups in total. The molecule has 1 aliphatic heterocycles. The third-order valence-electron chi connectivity index (χ3n) is 3.65. The lowest BCUT2D eigenvalue weighted by Gasteiger charge is -2.18. The first-order valence-electron chi connectivity index (χ1n) is 6.94. The fraction of sp³-hybridized carbons (Fsp3) is 0.267. The lowest BCUT2D eigenvalue weighted by molar-refractivity contribution is 0.109. The molecule has 21 heavy (non-hydrogen) atoms. The second-order valence-electron chi connectivity index (χ2n) is 4.97. The van der Waals surface area contributed by atoms with E-state index < -0.39 is 0 Å². The average molecular weight is 281 g/mol. The van der Waals surface area contributed by atoms with Crippen LogP contribution in [-0.4, -0.2) is 33.0 Å². The first kappa shape index (κ1) is 12.3. The number of ether oxygens (including phenoxy) is 1. The maximum atomic E-state index is 5.49. The summed E-state index contributed by atoms with van der Waals surface area (Å²) in [5.74, 6) is 1.48. The Labute approximate surface area is 121 Å². The second-order valence-corrected chi connectivity index (χ2v) is 4.97. The fourth-order valence-electron chi connectivity index (χ4n) is 2.60. The zero-order chi connectivity index (χ0) is 14.2. The maximum Gasteiger partial charge on any atom is 0.182 e. The summed E-state index contributed by atoms with van der Waals surface area (Å²) in [5, 5.41) is 3.13. The summed E-state index contributed by atoms with van der Waals surface area (Å²) in [5.41, 5.74) is 3.78. The van der Waals surface area contributed by atoms with Gasteiger partial charge in [-0.3, -0.25) is 0 Å². The third kappa shape index (κ3) is 2.04. The minimum Gasteiger partial charge on any atom is -0.376 e. The van der Waals surface area contributed by atoms with Crippen molar-refractivity contribution >= 4 is 11.5 Å². The third-order valence-corrected chi connectivity index (χ3v) is 3.65. The molecule has 0 unspecified atom stereocenters. The molecule has 6 heteroatoms. The van der Waals surface area contributed by atoms with E-state index in [1.807, 2.05) is 42.0 Å². The summed E-state index contributed by atoms with van der Waals surface area (Å²) in [6.07, 6.45) is 4.74. The highest BCUT2D eigenvalue weighted by Crippen LogP contribution is 2.25. The summed E-state index contributed by atoms with van der Waals surface area (Å²) in [6, 6.07) is 5.91. The van der Waals surface area contributed by atoms with E-state index in [4.69, 9.17) is 4.74 Å². The Bertz CT molecular complexity index is 761. The van der Waals surface area contributed by atoms with E-state index in [0.29, 0.717) is 19.0 Å². The predicted octanol–water partition coefficient (Wildman–Crippen LogP) is 1.91. The van der Waals surface area contributed by atoms with Crippen LogP contribution in [0.25, 0.3) is 17.2 Å². The van der Waals surface area contributed by atoms with Gasteiger partial charge >= 0.3 is 0 Å². The van der Waals surface area contributed by atoms with Gasteiger partial charge in [0.25, 0.3) is 0 Å². The highest BCUT2D eigenvalue weighted by atomic mass is 16.5. The molecule has 0 radical (unpaired) electrons. The van der Waals surface area contributed by atoms with Crippen molar-refractivity contribution in [3.05, 3.63) is 41.9 Å². The number of nitrogens with one attached hydrogen (secondary N) is 1. The van der Waals surface area contributed by atoms with E-state index in [1.165, 1.54) is 0 Å². The van der Waals surface area contributed by atoms with Crippen molar-refractivity contribution in [3.8, 4) is 11.5 Å². The summed E-state index contributed by atoms with van der Waals surface area (Å²) in [7, 11) is 1.87. The Kier molecular flexibility index (Phi) is 2.82. The summed E-state index contributed by atoms with van der Waals surface area (Å²) in [6.45, 7) is 1.27. The molecule has 6 nitrogen and oxygen atoms in total. The number of hydrogen-bond donors (Lipinski definition) is 1. The van der Waals surface area contributed by atoms with E-state index in [0.717, 1.165) is 34.8 Å². The molecule has 0 aromatic carbocycles. The van der Waals surface area contributed by atoms with Crippen molar-refractivity contribution < 1.29 is 4.74 Å². The monoisotopic (exact) mass is 281 g/mol. The second kappa shape index (κ2) is 4.82. The van der Waals surface area contributed by atoms with Gasteiger partial charge in [0.1, 0.15) is 17.2 Å². The highest BCUT2D eigenvalue weighted by Gasteiger charge is 2.19. The fourth-order valence-corrected chi connectivity index (χ4v) is 2.60. The molecule has 0 saturated heterocycles. The molecule has 1 aliphatic rings. The van der Waals surface area contributed by atoms with Crippen molar-refractivity contribution in [2.45, 2.75) is 13.0 Å². The van der Waals surface area contributed by atoms with Crippen molar-refractivity contribution in [2.24, 2.45) is 0 Å². The van der Waals surface area contributed by atoms with Crippen LogP contribution < -0.4 is 5.32 Å². The largest absolute Gasteiger partial charge is 0.376 e. The van der Waals surface area contributed by atoms with Crippen molar-refractivity contribution in [3.63, 3.8) is 0 Å². The van der Waals surface area contributed by atoms with Gasteiger partial charge in [0.05, 0.1) is 18.9 Å². The molecule has 0 aliphatic carbocycles. The average Bonchev–Trinajstić information content (AvgIpc) is 2.98. The summed E-state index contributed by atoms with van der Waals surface area (Å²) < 4.78 is 7.46. The highest BCUT2D eigenvalue weighted by molar-refractivity contribution is 5.59. The number of pyridine rings is 1. The SMILES string of the molecule is CNc1nc(-c2cn3ccccc3n2)nc2c1COCC2. The van der Waals surface area contributed by atoms with Crippen LogP contribution in [-0.2, 0) is 17.8 Å². The quantitative estimate of drug-likeness (QED) is 0.777. The zero-order valence-electron chi connectivity index (χ0n) is 11.7. The Morgan fingerprint density at radius 1 is 1.24 bits per heavy atom. The number of imidazole rings is 1. The van der Waals surface area contributed by atoms with Crippen LogP contribution in [0.5, 0.6) is 0 Å². The number of anilines is 1. The van der Waals surface area contributed by atoms with Gasteiger partial charge in [-0.25, -0.2) is 15.0 Å². The van der Waals surface area contributed by atoms with E-state index in [9.17, 15) is 0 Å². The molecule has 4 heterocycles. The molecule has 0 amide bonds. The van der Waals surface area contributed by atoms with Gasteiger partial charge in [0.2, 0.25) is 0 Å². The van der Waals surface area contributed by atoms with Crippen LogP contribution >= 0.6 is 0 Å².